The summed E-state index contributed by atoms with van der Waals surface area (Å²) in [4.78, 5) is 4.14. The van der Waals surface area contributed by atoms with E-state index < -0.39 is 5.79 Å². The average molecular weight is 466 g/mol. The molecule has 1 fully saturated rings. The molecule has 3 heterocycles. The number of aromatic nitrogens is 5. The quantitative estimate of drug-likeness (QED) is 0.400. The lowest BCUT2D eigenvalue weighted by Gasteiger charge is -2.29. The molecule has 9 nitrogen and oxygen atoms in total. The van der Waals surface area contributed by atoms with E-state index in [9.17, 15) is 0 Å². The third kappa shape index (κ3) is 4.58. The van der Waals surface area contributed by atoms with Crippen LogP contribution in [0, 0.1) is 0 Å². The Bertz CT molecular complexity index is 1180. The summed E-state index contributed by atoms with van der Waals surface area (Å²) in [6, 6.07) is 15.3. The number of nitrogens with zero attached hydrogens (tertiary/aromatic N) is 5. The van der Waals surface area contributed by atoms with Crippen LogP contribution < -0.4 is 9.47 Å². The maximum absolute atomic E-state index is 6.43. The van der Waals surface area contributed by atoms with Crippen LogP contribution in [-0.4, -0.2) is 50.7 Å². The van der Waals surface area contributed by atoms with Crippen LogP contribution in [0.4, 0.5) is 0 Å². The van der Waals surface area contributed by atoms with E-state index in [1.807, 2.05) is 59.3 Å². The first-order valence-corrected chi connectivity index (χ1v) is 10.8. The maximum atomic E-state index is 6.43. The van der Waals surface area contributed by atoms with Gasteiger partial charge in [-0.2, -0.15) is 0 Å². The molecular formula is C23H23N5O4S. The van der Waals surface area contributed by atoms with Crippen LogP contribution in [0.25, 0.3) is 5.69 Å². The summed E-state index contributed by atoms with van der Waals surface area (Å²) < 4.78 is 27.7. The molecule has 170 valence electrons. The summed E-state index contributed by atoms with van der Waals surface area (Å²) in [7, 11) is 1.64. The van der Waals surface area contributed by atoms with Crippen LogP contribution >= 0.6 is 12.6 Å². The van der Waals surface area contributed by atoms with Gasteiger partial charge in [0.15, 0.2) is 5.16 Å². The van der Waals surface area contributed by atoms with Gasteiger partial charge < -0.3 is 23.5 Å². The molecule has 0 spiro atoms. The number of thiol groups is 1. The Morgan fingerprint density at radius 1 is 1.09 bits per heavy atom. The second-order valence-corrected chi connectivity index (χ2v) is 7.97. The molecule has 5 rings (SSSR count). The second-order valence-electron chi connectivity index (χ2n) is 7.57. The first-order valence-electron chi connectivity index (χ1n) is 10.4. The normalized spacial score (nSPS) is 20.1. The van der Waals surface area contributed by atoms with E-state index in [1.165, 1.54) is 0 Å². The highest BCUT2D eigenvalue weighted by Gasteiger charge is 2.44. The van der Waals surface area contributed by atoms with Crippen molar-refractivity contribution in [1.82, 2.24) is 24.3 Å². The van der Waals surface area contributed by atoms with Gasteiger partial charge >= 0.3 is 0 Å². The summed E-state index contributed by atoms with van der Waals surface area (Å²) in [6.07, 6.45) is 6.74. The van der Waals surface area contributed by atoms with Gasteiger partial charge in [-0.3, -0.25) is 4.57 Å². The molecule has 0 bridgehead atoms. The fraction of sp³-hybridized carbons (Fsp3) is 0.261. The molecule has 0 amide bonds. The first-order chi connectivity index (χ1) is 16.1. The minimum atomic E-state index is -0.942. The van der Waals surface area contributed by atoms with Gasteiger partial charge in [-0.15, -0.1) is 22.8 Å². The highest BCUT2D eigenvalue weighted by molar-refractivity contribution is 7.80. The topological polar surface area (TPSA) is 85.5 Å². The molecule has 0 aliphatic carbocycles. The van der Waals surface area contributed by atoms with Crippen LogP contribution in [-0.2, 0) is 21.8 Å². The lowest BCUT2D eigenvalue weighted by Crippen LogP contribution is -2.34. The largest absolute Gasteiger partial charge is 0.497 e. The van der Waals surface area contributed by atoms with Gasteiger partial charge in [0, 0.05) is 23.6 Å². The standard InChI is InChI=1S/C23H23N5O4S/c1-29-19-6-2-17(3-7-19)23(14-27-11-10-24-15-27)31-13-21(32-23)12-30-20-8-4-18(5-9-20)28-16-25-26-22(28)33/h2-11,15-16,21H,12-14H2,1H3,(H,26,33). The van der Waals surface area contributed by atoms with Crippen LogP contribution in [0.3, 0.4) is 0 Å². The van der Waals surface area contributed by atoms with E-state index in [1.54, 1.807) is 30.5 Å². The molecule has 0 N–H and O–H groups in total. The van der Waals surface area contributed by atoms with Gasteiger partial charge in [-0.25, -0.2) is 4.98 Å². The van der Waals surface area contributed by atoms with E-state index in [4.69, 9.17) is 18.9 Å². The molecular weight excluding hydrogens is 442 g/mol. The third-order valence-corrected chi connectivity index (χ3v) is 5.72. The Morgan fingerprint density at radius 2 is 1.88 bits per heavy atom. The summed E-state index contributed by atoms with van der Waals surface area (Å²) >= 11 is 4.29. The van der Waals surface area contributed by atoms with Gasteiger partial charge in [0.25, 0.3) is 0 Å². The van der Waals surface area contributed by atoms with Crippen molar-refractivity contribution >= 4 is 12.6 Å². The fourth-order valence-corrected chi connectivity index (χ4v) is 3.96. The Morgan fingerprint density at radius 3 is 2.55 bits per heavy atom. The Kier molecular flexibility index (Phi) is 6.03. The summed E-state index contributed by atoms with van der Waals surface area (Å²) in [6.45, 7) is 1.23. The number of rotatable bonds is 8. The van der Waals surface area contributed by atoms with E-state index in [2.05, 4.69) is 27.8 Å². The number of methoxy groups -OCH3 is 1. The van der Waals surface area contributed by atoms with Gasteiger partial charge in [0.2, 0.25) is 5.79 Å². The second kappa shape index (κ2) is 9.26. The molecule has 4 aromatic rings. The smallest absolute Gasteiger partial charge is 0.214 e. The lowest BCUT2D eigenvalue weighted by molar-refractivity contribution is -0.189. The van der Waals surface area contributed by atoms with Crippen LogP contribution in [0.15, 0.2) is 78.7 Å². The Hall–Kier alpha value is -3.34. The molecule has 0 saturated carbocycles. The van der Waals surface area contributed by atoms with Crippen molar-refractivity contribution in [2.75, 3.05) is 20.3 Å². The van der Waals surface area contributed by atoms with Crippen molar-refractivity contribution in [3.63, 3.8) is 0 Å². The third-order valence-electron chi connectivity index (χ3n) is 5.42. The van der Waals surface area contributed by atoms with Crippen molar-refractivity contribution in [3.05, 3.63) is 79.1 Å². The van der Waals surface area contributed by atoms with Crippen molar-refractivity contribution in [1.29, 1.82) is 0 Å². The monoisotopic (exact) mass is 465 g/mol. The number of imidazole rings is 1. The molecule has 2 atom stereocenters. The predicted octanol–water partition coefficient (Wildman–Crippen LogP) is 3.11. The molecule has 33 heavy (non-hydrogen) atoms. The fourth-order valence-electron chi connectivity index (χ4n) is 3.74. The van der Waals surface area contributed by atoms with Gasteiger partial charge in [0.1, 0.15) is 30.5 Å². The van der Waals surface area contributed by atoms with E-state index in [0.717, 1.165) is 22.7 Å². The molecule has 1 aliphatic rings. The minimum absolute atomic E-state index is 0.239. The van der Waals surface area contributed by atoms with Gasteiger partial charge in [-0.1, -0.05) is 0 Å². The average Bonchev–Trinajstić information content (AvgIpc) is 3.61. The van der Waals surface area contributed by atoms with Crippen LogP contribution in [0.1, 0.15) is 5.56 Å². The van der Waals surface area contributed by atoms with Crippen LogP contribution in [0.2, 0.25) is 0 Å². The van der Waals surface area contributed by atoms with Gasteiger partial charge in [0.05, 0.1) is 26.6 Å². The van der Waals surface area contributed by atoms with Gasteiger partial charge in [-0.05, 0) is 48.5 Å². The molecule has 0 radical (unpaired) electrons. The zero-order valence-corrected chi connectivity index (χ0v) is 18.8. The Labute approximate surface area is 196 Å². The number of ether oxygens (including phenoxy) is 4. The highest BCUT2D eigenvalue weighted by atomic mass is 32.1. The molecule has 1 saturated heterocycles. The minimum Gasteiger partial charge on any atom is -0.497 e. The summed E-state index contributed by atoms with van der Waals surface area (Å²) in [5, 5.41) is 8.25. The molecule has 2 unspecified atom stereocenters. The molecule has 10 heteroatoms. The van der Waals surface area contributed by atoms with Crippen molar-refractivity contribution in [2.45, 2.75) is 23.6 Å². The van der Waals surface area contributed by atoms with Crippen molar-refractivity contribution < 1.29 is 18.9 Å². The number of benzene rings is 2. The highest BCUT2D eigenvalue weighted by Crippen LogP contribution is 2.37. The zero-order valence-electron chi connectivity index (χ0n) is 17.9. The Balaban J connectivity index is 1.27. The van der Waals surface area contributed by atoms with Crippen molar-refractivity contribution in [2.24, 2.45) is 0 Å². The SMILES string of the molecule is COc1ccc(C2(Cn3ccnc3)OCC(COc3ccc(-n4cnnc4S)cc3)O2)cc1. The summed E-state index contributed by atoms with van der Waals surface area (Å²) in [5.41, 5.74) is 1.80. The van der Waals surface area contributed by atoms with E-state index >= 15 is 0 Å². The first kappa shape index (κ1) is 21.5. The van der Waals surface area contributed by atoms with Crippen LogP contribution in [0.5, 0.6) is 11.5 Å². The van der Waals surface area contributed by atoms with E-state index in [0.29, 0.717) is 24.9 Å². The predicted molar refractivity (Wildman–Crippen MR) is 122 cm³/mol. The molecule has 1 aliphatic heterocycles. The number of hydrogen-bond donors (Lipinski definition) is 1. The zero-order chi connectivity index (χ0) is 22.7. The molecule has 2 aromatic heterocycles. The van der Waals surface area contributed by atoms with E-state index in [-0.39, 0.29) is 6.10 Å². The number of hydrogen-bond acceptors (Lipinski definition) is 8. The molecule has 2 aromatic carbocycles. The van der Waals surface area contributed by atoms with Crippen molar-refractivity contribution in [3.8, 4) is 17.2 Å². The lowest BCUT2D eigenvalue weighted by atomic mass is 10.1. The maximum Gasteiger partial charge on any atom is 0.214 e. The summed E-state index contributed by atoms with van der Waals surface area (Å²) in [5.74, 6) is 0.560.